The van der Waals surface area contributed by atoms with Crippen LogP contribution < -0.4 is 0 Å². The average Bonchev–Trinajstić information content (AvgIpc) is 2.23. The highest BCUT2D eigenvalue weighted by atomic mass is 35.5. The highest BCUT2D eigenvalue weighted by molar-refractivity contribution is 6.37. The van der Waals surface area contributed by atoms with Gasteiger partial charge in [-0.05, 0) is 18.2 Å². The van der Waals surface area contributed by atoms with Crippen molar-refractivity contribution in [2.24, 2.45) is 0 Å². The lowest BCUT2D eigenvalue weighted by Crippen LogP contribution is -1.87. The summed E-state index contributed by atoms with van der Waals surface area (Å²) in [6.45, 7) is 0. The predicted molar refractivity (Wildman–Crippen MR) is 62.5 cm³/mol. The molecule has 0 amide bonds. The molecule has 15 heavy (non-hydrogen) atoms. The number of nitrogens with zero attached hydrogens (tertiary/aromatic N) is 2. The number of rotatable bonds is 1. The zero-order valence-electron chi connectivity index (χ0n) is 7.42. The number of hydrogen-bond donors (Lipinski definition) is 0. The van der Waals surface area contributed by atoms with Crippen molar-refractivity contribution in [3.05, 3.63) is 45.8 Å². The Morgan fingerprint density at radius 3 is 2.53 bits per heavy atom. The predicted octanol–water partition coefficient (Wildman–Crippen LogP) is 4.10. The van der Waals surface area contributed by atoms with Gasteiger partial charge in [-0.1, -0.05) is 34.8 Å². The second kappa shape index (κ2) is 4.35. The van der Waals surface area contributed by atoms with Gasteiger partial charge in [-0.3, -0.25) is 0 Å². The van der Waals surface area contributed by atoms with Crippen molar-refractivity contribution < 1.29 is 0 Å². The molecule has 0 saturated carbocycles. The first-order valence-electron chi connectivity index (χ1n) is 4.09. The summed E-state index contributed by atoms with van der Waals surface area (Å²) >= 11 is 17.9. The van der Waals surface area contributed by atoms with Crippen LogP contribution in [-0.4, -0.2) is 9.97 Å². The van der Waals surface area contributed by atoms with E-state index < -0.39 is 0 Å². The number of aromatic nitrogens is 2. The molecule has 0 unspecified atom stereocenters. The molecule has 5 heteroatoms. The Bertz CT molecular complexity index is 500. The third kappa shape index (κ3) is 2.23. The molecular formula is C10H5Cl3N2. The molecule has 2 rings (SSSR count). The molecule has 0 aliphatic heterocycles. The van der Waals surface area contributed by atoms with Crippen LogP contribution in [0.15, 0.2) is 30.7 Å². The molecule has 0 spiro atoms. The van der Waals surface area contributed by atoms with Gasteiger partial charge in [-0.25, -0.2) is 9.97 Å². The molecular weight excluding hydrogens is 254 g/mol. The van der Waals surface area contributed by atoms with Gasteiger partial charge in [-0.2, -0.15) is 0 Å². The zero-order valence-corrected chi connectivity index (χ0v) is 9.68. The summed E-state index contributed by atoms with van der Waals surface area (Å²) in [5.41, 5.74) is 1.29. The van der Waals surface area contributed by atoms with E-state index in [1.807, 2.05) is 0 Å². The van der Waals surface area contributed by atoms with Gasteiger partial charge in [-0.15, -0.1) is 0 Å². The summed E-state index contributed by atoms with van der Waals surface area (Å²) in [6.07, 6.45) is 2.93. The van der Waals surface area contributed by atoms with Gasteiger partial charge < -0.3 is 0 Å². The van der Waals surface area contributed by atoms with Crippen molar-refractivity contribution in [2.45, 2.75) is 0 Å². The molecule has 0 saturated heterocycles. The van der Waals surface area contributed by atoms with Gasteiger partial charge >= 0.3 is 0 Å². The molecule has 1 aromatic carbocycles. The standard InChI is InChI=1S/C10H5Cl3N2/c11-6-1-2-8(12)7(3-6)10-9(13)4-14-5-15-10/h1-5H. The Morgan fingerprint density at radius 2 is 1.80 bits per heavy atom. The maximum absolute atomic E-state index is 6.03. The molecule has 0 aliphatic rings. The van der Waals surface area contributed by atoms with E-state index >= 15 is 0 Å². The lowest BCUT2D eigenvalue weighted by molar-refractivity contribution is 1.17. The summed E-state index contributed by atoms with van der Waals surface area (Å²) in [5, 5.41) is 1.59. The Balaban J connectivity index is 2.64. The first kappa shape index (κ1) is 10.7. The van der Waals surface area contributed by atoms with Gasteiger partial charge in [0.25, 0.3) is 0 Å². The van der Waals surface area contributed by atoms with Crippen molar-refractivity contribution in [3.8, 4) is 11.3 Å². The molecule has 0 fully saturated rings. The van der Waals surface area contributed by atoms with Crippen LogP contribution in [0.2, 0.25) is 15.1 Å². The maximum atomic E-state index is 6.03. The quantitative estimate of drug-likeness (QED) is 0.770. The summed E-state index contributed by atoms with van der Waals surface area (Å²) in [5.74, 6) is 0. The molecule has 0 aliphatic carbocycles. The van der Waals surface area contributed by atoms with Crippen LogP contribution in [0.25, 0.3) is 11.3 Å². The monoisotopic (exact) mass is 258 g/mol. The zero-order chi connectivity index (χ0) is 10.8. The Labute approximate surface area is 102 Å². The first-order chi connectivity index (χ1) is 7.18. The van der Waals surface area contributed by atoms with Crippen LogP contribution in [-0.2, 0) is 0 Å². The number of hydrogen-bond acceptors (Lipinski definition) is 2. The molecule has 2 nitrogen and oxygen atoms in total. The third-order valence-electron chi connectivity index (χ3n) is 1.85. The van der Waals surface area contributed by atoms with Crippen molar-refractivity contribution in [2.75, 3.05) is 0 Å². The molecule has 0 N–H and O–H groups in total. The molecule has 76 valence electrons. The normalized spacial score (nSPS) is 10.3. The van der Waals surface area contributed by atoms with E-state index in [0.717, 1.165) is 0 Å². The Kier molecular flexibility index (Phi) is 3.10. The highest BCUT2D eigenvalue weighted by Crippen LogP contribution is 2.32. The van der Waals surface area contributed by atoms with Crippen LogP contribution in [0, 0.1) is 0 Å². The van der Waals surface area contributed by atoms with E-state index in [2.05, 4.69) is 9.97 Å². The van der Waals surface area contributed by atoms with Crippen LogP contribution in [0.1, 0.15) is 0 Å². The van der Waals surface area contributed by atoms with E-state index in [-0.39, 0.29) is 0 Å². The van der Waals surface area contributed by atoms with Crippen LogP contribution in [0.3, 0.4) is 0 Å². The maximum Gasteiger partial charge on any atom is 0.116 e. The minimum Gasteiger partial charge on any atom is -0.243 e. The molecule has 1 aromatic heterocycles. The van der Waals surface area contributed by atoms with Gasteiger partial charge in [0.05, 0.1) is 15.7 Å². The van der Waals surface area contributed by atoms with Crippen LogP contribution in [0.5, 0.6) is 0 Å². The number of benzene rings is 1. The second-order valence-corrected chi connectivity index (χ2v) is 4.09. The van der Waals surface area contributed by atoms with Gasteiger partial charge in [0, 0.05) is 16.8 Å². The molecule has 0 radical (unpaired) electrons. The first-order valence-corrected chi connectivity index (χ1v) is 5.23. The summed E-state index contributed by atoms with van der Waals surface area (Å²) < 4.78 is 0. The van der Waals surface area contributed by atoms with Crippen molar-refractivity contribution in [1.82, 2.24) is 9.97 Å². The fraction of sp³-hybridized carbons (Fsp3) is 0. The van der Waals surface area contributed by atoms with Gasteiger partial charge in [0.2, 0.25) is 0 Å². The fourth-order valence-electron chi connectivity index (χ4n) is 1.19. The van der Waals surface area contributed by atoms with Crippen LogP contribution in [0.4, 0.5) is 0 Å². The summed E-state index contributed by atoms with van der Waals surface area (Å²) in [6, 6.07) is 5.14. The minimum atomic E-state index is 0.446. The van der Waals surface area contributed by atoms with Crippen LogP contribution >= 0.6 is 34.8 Å². The fourth-order valence-corrected chi connectivity index (χ4v) is 1.78. The summed E-state index contributed by atoms with van der Waals surface area (Å²) in [4.78, 5) is 7.87. The molecule has 1 heterocycles. The lowest BCUT2D eigenvalue weighted by atomic mass is 10.1. The Hall–Kier alpha value is -0.830. The van der Waals surface area contributed by atoms with Crippen molar-refractivity contribution in [3.63, 3.8) is 0 Å². The van der Waals surface area contributed by atoms with E-state index in [1.54, 1.807) is 18.2 Å². The van der Waals surface area contributed by atoms with Crippen molar-refractivity contribution >= 4 is 34.8 Å². The van der Waals surface area contributed by atoms with E-state index in [1.165, 1.54) is 12.5 Å². The topological polar surface area (TPSA) is 25.8 Å². The Morgan fingerprint density at radius 1 is 1.00 bits per heavy atom. The largest absolute Gasteiger partial charge is 0.243 e. The van der Waals surface area contributed by atoms with E-state index in [4.69, 9.17) is 34.8 Å². The third-order valence-corrected chi connectivity index (χ3v) is 2.69. The summed E-state index contributed by atoms with van der Waals surface area (Å²) in [7, 11) is 0. The van der Waals surface area contributed by atoms with E-state index in [9.17, 15) is 0 Å². The second-order valence-electron chi connectivity index (χ2n) is 2.84. The van der Waals surface area contributed by atoms with E-state index in [0.29, 0.717) is 26.3 Å². The lowest BCUT2D eigenvalue weighted by Gasteiger charge is -2.05. The van der Waals surface area contributed by atoms with Crippen molar-refractivity contribution in [1.29, 1.82) is 0 Å². The number of halogens is 3. The van der Waals surface area contributed by atoms with Gasteiger partial charge in [0.15, 0.2) is 0 Å². The average molecular weight is 260 g/mol. The molecule has 0 bridgehead atoms. The minimum absolute atomic E-state index is 0.446. The molecule has 2 aromatic rings. The van der Waals surface area contributed by atoms with Gasteiger partial charge in [0.1, 0.15) is 6.33 Å². The highest BCUT2D eigenvalue weighted by Gasteiger charge is 2.09. The SMILES string of the molecule is Clc1ccc(Cl)c(-c2ncncc2Cl)c1. The smallest absolute Gasteiger partial charge is 0.116 e. The molecule has 0 atom stereocenters.